The minimum atomic E-state index is -1.01. The molecule has 0 atom stereocenters. The van der Waals surface area contributed by atoms with Crippen molar-refractivity contribution in [1.29, 1.82) is 0 Å². The van der Waals surface area contributed by atoms with E-state index in [2.05, 4.69) is 20.9 Å². The number of aromatic carboxylic acids is 1. The maximum Gasteiger partial charge on any atom is 0.335 e. The lowest BCUT2D eigenvalue weighted by Gasteiger charge is -2.10. The number of imidazole rings is 1. The Kier molecular flexibility index (Phi) is 2.66. The average molecular weight is 282 g/mol. The van der Waals surface area contributed by atoms with Crippen molar-refractivity contribution >= 4 is 27.6 Å². The molecule has 0 aliphatic carbocycles. The van der Waals surface area contributed by atoms with Gasteiger partial charge in [0.15, 0.2) is 0 Å². The summed E-state index contributed by atoms with van der Waals surface area (Å²) in [7, 11) is 0. The molecule has 16 heavy (non-hydrogen) atoms. The molecule has 0 saturated heterocycles. The summed E-state index contributed by atoms with van der Waals surface area (Å²) < 4.78 is 2.33. The largest absolute Gasteiger partial charge is 0.478 e. The smallest absolute Gasteiger partial charge is 0.335 e. The molecular weight excluding hydrogens is 274 g/mol. The number of nitrogen functional groups attached to an aromatic ring is 1. The molecule has 2 rings (SSSR count). The molecule has 1 heterocycles. The SMILES string of the molecule is Nc1cc(C(=O)O)cc(Br)c1-n1ccnc1. The van der Waals surface area contributed by atoms with Crippen molar-refractivity contribution in [2.24, 2.45) is 0 Å². The minimum Gasteiger partial charge on any atom is -0.478 e. The number of halogens is 1. The van der Waals surface area contributed by atoms with Crippen LogP contribution in [0.5, 0.6) is 0 Å². The van der Waals surface area contributed by atoms with Crippen LogP contribution in [0.4, 0.5) is 5.69 Å². The van der Waals surface area contributed by atoms with Gasteiger partial charge < -0.3 is 15.4 Å². The minimum absolute atomic E-state index is 0.147. The Labute approximate surface area is 99.7 Å². The molecule has 0 saturated carbocycles. The van der Waals surface area contributed by atoms with Crippen molar-refractivity contribution in [3.05, 3.63) is 40.9 Å². The number of anilines is 1. The van der Waals surface area contributed by atoms with E-state index in [1.54, 1.807) is 23.3 Å². The summed E-state index contributed by atoms with van der Waals surface area (Å²) in [5.41, 5.74) is 7.02. The Morgan fingerprint density at radius 1 is 1.50 bits per heavy atom. The van der Waals surface area contributed by atoms with Crippen LogP contribution in [0.25, 0.3) is 5.69 Å². The van der Waals surface area contributed by atoms with Crippen molar-refractivity contribution < 1.29 is 9.90 Å². The third-order valence-electron chi connectivity index (χ3n) is 2.10. The predicted octanol–water partition coefficient (Wildman–Crippen LogP) is 1.92. The quantitative estimate of drug-likeness (QED) is 0.824. The van der Waals surface area contributed by atoms with Crippen LogP contribution >= 0.6 is 15.9 Å². The first-order valence-corrected chi connectivity index (χ1v) is 5.19. The molecular formula is C10H8BrN3O2. The molecule has 5 nitrogen and oxygen atoms in total. The molecule has 82 valence electrons. The summed E-state index contributed by atoms with van der Waals surface area (Å²) in [6, 6.07) is 2.93. The molecule has 6 heteroatoms. The van der Waals surface area contributed by atoms with Gasteiger partial charge in [0, 0.05) is 16.9 Å². The maximum atomic E-state index is 10.8. The number of aromatic nitrogens is 2. The van der Waals surface area contributed by atoms with Gasteiger partial charge in [-0.05, 0) is 28.1 Å². The standard InChI is InChI=1S/C10H8BrN3O2/c11-7-3-6(10(15)16)4-8(12)9(7)14-2-1-13-5-14/h1-5H,12H2,(H,15,16). The van der Waals surface area contributed by atoms with Crippen LogP contribution in [0.3, 0.4) is 0 Å². The molecule has 3 N–H and O–H groups in total. The van der Waals surface area contributed by atoms with Crippen LogP contribution in [-0.4, -0.2) is 20.6 Å². The van der Waals surface area contributed by atoms with Gasteiger partial charge in [0.1, 0.15) is 0 Å². The molecule has 0 bridgehead atoms. The summed E-state index contributed by atoms with van der Waals surface area (Å²) in [6.45, 7) is 0. The van der Waals surface area contributed by atoms with E-state index in [9.17, 15) is 4.79 Å². The number of nitrogens with zero attached hydrogens (tertiary/aromatic N) is 2. The van der Waals surface area contributed by atoms with Gasteiger partial charge in [-0.2, -0.15) is 0 Å². The van der Waals surface area contributed by atoms with E-state index in [1.165, 1.54) is 12.1 Å². The van der Waals surface area contributed by atoms with Gasteiger partial charge in [0.2, 0.25) is 0 Å². The van der Waals surface area contributed by atoms with E-state index < -0.39 is 5.97 Å². The van der Waals surface area contributed by atoms with Gasteiger partial charge in [0.25, 0.3) is 0 Å². The number of carboxylic acid groups (broad SMARTS) is 1. The van der Waals surface area contributed by atoms with Crippen LogP contribution in [0, 0.1) is 0 Å². The van der Waals surface area contributed by atoms with E-state index in [1.807, 2.05) is 0 Å². The van der Waals surface area contributed by atoms with Gasteiger partial charge in [-0.3, -0.25) is 0 Å². The fourth-order valence-electron chi connectivity index (χ4n) is 1.41. The van der Waals surface area contributed by atoms with E-state index in [0.29, 0.717) is 15.8 Å². The Balaban J connectivity index is 2.61. The predicted molar refractivity (Wildman–Crippen MR) is 62.6 cm³/mol. The number of nitrogens with two attached hydrogens (primary N) is 1. The second-order valence-electron chi connectivity index (χ2n) is 3.17. The van der Waals surface area contributed by atoms with Crippen LogP contribution < -0.4 is 5.73 Å². The molecule has 0 radical (unpaired) electrons. The molecule has 0 amide bonds. The second-order valence-corrected chi connectivity index (χ2v) is 4.03. The number of rotatable bonds is 2. The van der Waals surface area contributed by atoms with Crippen LogP contribution in [0.15, 0.2) is 35.3 Å². The molecule has 0 aliphatic heterocycles. The Morgan fingerprint density at radius 3 is 2.75 bits per heavy atom. The third-order valence-corrected chi connectivity index (χ3v) is 2.71. The zero-order valence-electron chi connectivity index (χ0n) is 8.09. The lowest BCUT2D eigenvalue weighted by atomic mass is 10.1. The highest BCUT2D eigenvalue weighted by atomic mass is 79.9. The molecule has 0 fully saturated rings. The Morgan fingerprint density at radius 2 is 2.25 bits per heavy atom. The number of hydrogen-bond acceptors (Lipinski definition) is 3. The van der Waals surface area contributed by atoms with Gasteiger partial charge in [-0.25, -0.2) is 9.78 Å². The van der Waals surface area contributed by atoms with Gasteiger partial charge >= 0.3 is 5.97 Å². The van der Waals surface area contributed by atoms with Crippen LogP contribution in [0.2, 0.25) is 0 Å². The zero-order valence-corrected chi connectivity index (χ0v) is 9.68. The third kappa shape index (κ3) is 1.79. The summed E-state index contributed by atoms with van der Waals surface area (Å²) in [5, 5.41) is 8.86. The molecule has 1 aromatic carbocycles. The van der Waals surface area contributed by atoms with Crippen LogP contribution in [0.1, 0.15) is 10.4 Å². The summed E-state index contributed by atoms with van der Waals surface area (Å²) in [4.78, 5) is 14.7. The lowest BCUT2D eigenvalue weighted by Crippen LogP contribution is -2.03. The first-order valence-electron chi connectivity index (χ1n) is 4.40. The highest BCUT2D eigenvalue weighted by molar-refractivity contribution is 9.10. The number of carboxylic acids is 1. The number of carbonyl (C=O) groups is 1. The molecule has 1 aromatic heterocycles. The summed E-state index contributed by atoms with van der Waals surface area (Å²) >= 11 is 3.30. The molecule has 0 unspecified atom stereocenters. The Bertz CT molecular complexity index is 514. The van der Waals surface area contributed by atoms with Crippen molar-refractivity contribution in [3.63, 3.8) is 0 Å². The average Bonchev–Trinajstić information content (AvgIpc) is 2.69. The first-order chi connectivity index (χ1) is 7.59. The molecule has 0 spiro atoms. The molecule has 0 aliphatic rings. The number of benzene rings is 1. The summed E-state index contributed by atoms with van der Waals surface area (Å²) in [6.07, 6.45) is 4.95. The van der Waals surface area contributed by atoms with E-state index >= 15 is 0 Å². The Hall–Kier alpha value is -1.82. The van der Waals surface area contributed by atoms with Crippen molar-refractivity contribution in [2.45, 2.75) is 0 Å². The van der Waals surface area contributed by atoms with Crippen molar-refractivity contribution in [2.75, 3.05) is 5.73 Å². The zero-order chi connectivity index (χ0) is 11.7. The molecule has 2 aromatic rings. The first kappa shape index (κ1) is 10.7. The fourth-order valence-corrected chi connectivity index (χ4v) is 2.09. The van der Waals surface area contributed by atoms with Crippen molar-refractivity contribution in [1.82, 2.24) is 9.55 Å². The van der Waals surface area contributed by atoms with Crippen molar-refractivity contribution in [3.8, 4) is 5.69 Å². The van der Waals surface area contributed by atoms with Crippen LogP contribution in [-0.2, 0) is 0 Å². The fraction of sp³-hybridized carbons (Fsp3) is 0. The van der Waals surface area contributed by atoms with Gasteiger partial charge in [-0.1, -0.05) is 0 Å². The van der Waals surface area contributed by atoms with E-state index in [-0.39, 0.29) is 5.56 Å². The number of hydrogen-bond donors (Lipinski definition) is 2. The van der Waals surface area contributed by atoms with Gasteiger partial charge in [-0.15, -0.1) is 0 Å². The van der Waals surface area contributed by atoms with E-state index in [4.69, 9.17) is 10.8 Å². The normalized spacial score (nSPS) is 10.3. The van der Waals surface area contributed by atoms with Gasteiger partial charge in [0.05, 0.1) is 23.3 Å². The summed E-state index contributed by atoms with van der Waals surface area (Å²) in [5.74, 6) is -1.01. The monoisotopic (exact) mass is 281 g/mol. The lowest BCUT2D eigenvalue weighted by molar-refractivity contribution is 0.0697. The second kappa shape index (κ2) is 3.97. The topological polar surface area (TPSA) is 81.1 Å². The van der Waals surface area contributed by atoms with E-state index in [0.717, 1.165) is 0 Å². The highest BCUT2D eigenvalue weighted by Crippen LogP contribution is 2.28. The highest BCUT2D eigenvalue weighted by Gasteiger charge is 2.12. The maximum absolute atomic E-state index is 10.8.